The second kappa shape index (κ2) is 6.82. The van der Waals surface area contributed by atoms with Gasteiger partial charge in [-0.15, -0.1) is 0 Å². The summed E-state index contributed by atoms with van der Waals surface area (Å²) in [5.41, 5.74) is 0.356. The van der Waals surface area contributed by atoms with E-state index in [4.69, 9.17) is 9.47 Å². The van der Waals surface area contributed by atoms with E-state index in [0.29, 0.717) is 10.0 Å². The highest BCUT2D eigenvalue weighted by Crippen LogP contribution is 2.18. The van der Waals surface area contributed by atoms with Crippen molar-refractivity contribution in [2.24, 2.45) is 0 Å². The number of benzene rings is 1. The van der Waals surface area contributed by atoms with Crippen LogP contribution < -0.4 is 5.32 Å². The van der Waals surface area contributed by atoms with Gasteiger partial charge in [0.2, 0.25) is 0 Å². The molecule has 1 atom stereocenters. The molecule has 1 unspecified atom stereocenters. The second-order valence-corrected chi connectivity index (χ2v) is 4.58. The highest BCUT2D eigenvalue weighted by molar-refractivity contribution is 9.10. The van der Waals surface area contributed by atoms with Crippen LogP contribution in [0.25, 0.3) is 0 Å². The van der Waals surface area contributed by atoms with Crippen LogP contribution >= 0.6 is 15.9 Å². The van der Waals surface area contributed by atoms with Gasteiger partial charge in [-0.25, -0.2) is 4.39 Å². The van der Waals surface area contributed by atoms with E-state index in [0.717, 1.165) is 0 Å². The van der Waals surface area contributed by atoms with Crippen LogP contribution in [-0.2, 0) is 9.47 Å². The zero-order chi connectivity index (χ0) is 13.7. The lowest BCUT2D eigenvalue weighted by molar-refractivity contribution is -0.117. The molecule has 1 rings (SSSR count). The Balaban J connectivity index is 2.76. The topological polar surface area (TPSA) is 47.6 Å². The SMILES string of the molecule is COC(OC)C(C)NC(=O)c1ccc(F)cc1Br. The average Bonchev–Trinajstić information content (AvgIpc) is 2.30. The van der Waals surface area contributed by atoms with Crippen LogP contribution in [0.1, 0.15) is 17.3 Å². The molecule has 18 heavy (non-hydrogen) atoms. The molecule has 0 aliphatic carbocycles. The number of carbonyl (C=O) groups is 1. The zero-order valence-corrected chi connectivity index (χ0v) is 12.0. The summed E-state index contributed by atoms with van der Waals surface area (Å²) in [5, 5.41) is 2.72. The van der Waals surface area contributed by atoms with Gasteiger partial charge in [0.25, 0.3) is 5.91 Å². The normalized spacial score (nSPS) is 12.6. The molecule has 6 heteroatoms. The third-order valence-corrected chi connectivity index (χ3v) is 3.06. The summed E-state index contributed by atoms with van der Waals surface area (Å²) >= 11 is 3.15. The van der Waals surface area contributed by atoms with Crippen molar-refractivity contribution in [3.8, 4) is 0 Å². The van der Waals surface area contributed by atoms with Crippen molar-refractivity contribution in [2.45, 2.75) is 19.3 Å². The van der Waals surface area contributed by atoms with E-state index in [2.05, 4.69) is 21.2 Å². The Hall–Kier alpha value is -0.980. The molecule has 0 aliphatic rings. The van der Waals surface area contributed by atoms with E-state index in [-0.39, 0.29) is 11.9 Å². The highest BCUT2D eigenvalue weighted by atomic mass is 79.9. The van der Waals surface area contributed by atoms with Crippen molar-refractivity contribution in [1.29, 1.82) is 0 Å². The standard InChI is InChI=1S/C12H15BrFNO3/c1-7(12(17-2)18-3)15-11(16)9-5-4-8(14)6-10(9)13/h4-7,12H,1-3H3,(H,15,16). The summed E-state index contributed by atoms with van der Waals surface area (Å²) in [6.45, 7) is 1.76. The lowest BCUT2D eigenvalue weighted by atomic mass is 10.2. The molecule has 0 heterocycles. The minimum atomic E-state index is -0.534. The molecule has 0 saturated heterocycles. The number of carbonyl (C=O) groups excluding carboxylic acids is 1. The minimum absolute atomic E-state index is 0.325. The molecular weight excluding hydrogens is 305 g/mol. The van der Waals surface area contributed by atoms with Crippen LogP contribution in [0, 0.1) is 5.82 Å². The Morgan fingerprint density at radius 3 is 2.50 bits per heavy atom. The number of hydrogen-bond donors (Lipinski definition) is 1. The fraction of sp³-hybridized carbons (Fsp3) is 0.417. The molecule has 0 saturated carbocycles. The van der Waals surface area contributed by atoms with Gasteiger partial charge in [-0.3, -0.25) is 4.79 Å². The zero-order valence-electron chi connectivity index (χ0n) is 10.4. The maximum atomic E-state index is 12.9. The molecular formula is C12H15BrFNO3. The van der Waals surface area contributed by atoms with Crippen LogP contribution in [0.3, 0.4) is 0 Å². The van der Waals surface area contributed by atoms with Crippen LogP contribution in [-0.4, -0.2) is 32.5 Å². The van der Waals surface area contributed by atoms with E-state index in [1.807, 2.05) is 0 Å². The Bertz CT molecular complexity index is 424. The van der Waals surface area contributed by atoms with Crippen molar-refractivity contribution in [3.05, 3.63) is 34.1 Å². The average molecular weight is 320 g/mol. The molecule has 1 aromatic rings. The number of halogens is 2. The number of nitrogens with one attached hydrogen (secondary N) is 1. The maximum absolute atomic E-state index is 12.9. The molecule has 100 valence electrons. The van der Waals surface area contributed by atoms with Crippen molar-refractivity contribution in [2.75, 3.05) is 14.2 Å². The molecule has 1 N–H and O–H groups in total. The van der Waals surface area contributed by atoms with Crippen molar-refractivity contribution < 1.29 is 18.7 Å². The van der Waals surface area contributed by atoms with Crippen LogP contribution in [0.4, 0.5) is 4.39 Å². The lowest BCUT2D eigenvalue weighted by Gasteiger charge is -2.22. The number of hydrogen-bond acceptors (Lipinski definition) is 3. The van der Waals surface area contributed by atoms with Crippen molar-refractivity contribution >= 4 is 21.8 Å². The van der Waals surface area contributed by atoms with E-state index < -0.39 is 12.1 Å². The third kappa shape index (κ3) is 3.76. The first kappa shape index (κ1) is 15.1. The number of methoxy groups -OCH3 is 2. The summed E-state index contributed by atoms with van der Waals surface area (Å²) in [6.07, 6.45) is -0.534. The monoisotopic (exact) mass is 319 g/mol. The van der Waals surface area contributed by atoms with Crippen LogP contribution in [0.15, 0.2) is 22.7 Å². The van der Waals surface area contributed by atoms with Crippen LogP contribution in [0.2, 0.25) is 0 Å². The second-order valence-electron chi connectivity index (χ2n) is 3.73. The quantitative estimate of drug-likeness (QED) is 0.847. The first-order valence-corrected chi connectivity index (χ1v) is 6.10. The molecule has 0 fully saturated rings. The number of ether oxygens (including phenoxy) is 2. The molecule has 0 spiro atoms. The van der Waals surface area contributed by atoms with E-state index in [1.54, 1.807) is 6.92 Å². The largest absolute Gasteiger partial charge is 0.354 e. The molecule has 0 bridgehead atoms. The summed E-state index contributed by atoms with van der Waals surface area (Å²) in [7, 11) is 2.98. The van der Waals surface area contributed by atoms with Gasteiger partial charge in [-0.2, -0.15) is 0 Å². The number of rotatable bonds is 5. The van der Waals surface area contributed by atoms with Gasteiger partial charge < -0.3 is 14.8 Å². The smallest absolute Gasteiger partial charge is 0.252 e. The van der Waals surface area contributed by atoms with Gasteiger partial charge in [0.15, 0.2) is 6.29 Å². The molecule has 4 nitrogen and oxygen atoms in total. The van der Waals surface area contributed by atoms with E-state index in [9.17, 15) is 9.18 Å². The molecule has 1 aromatic carbocycles. The lowest BCUT2D eigenvalue weighted by Crippen LogP contribution is -2.43. The Morgan fingerprint density at radius 2 is 2.00 bits per heavy atom. The Morgan fingerprint density at radius 1 is 1.39 bits per heavy atom. The Labute approximate surface area is 114 Å². The van der Waals surface area contributed by atoms with Gasteiger partial charge in [0.05, 0.1) is 11.6 Å². The van der Waals surface area contributed by atoms with E-state index in [1.165, 1.54) is 32.4 Å². The summed E-state index contributed by atoms with van der Waals surface area (Å²) < 4.78 is 23.4. The van der Waals surface area contributed by atoms with Crippen molar-refractivity contribution in [1.82, 2.24) is 5.32 Å². The van der Waals surface area contributed by atoms with Crippen LogP contribution in [0.5, 0.6) is 0 Å². The predicted molar refractivity (Wildman–Crippen MR) is 68.8 cm³/mol. The van der Waals surface area contributed by atoms with Crippen molar-refractivity contribution in [3.63, 3.8) is 0 Å². The third-order valence-electron chi connectivity index (χ3n) is 2.41. The number of amides is 1. The maximum Gasteiger partial charge on any atom is 0.252 e. The Kier molecular flexibility index (Phi) is 5.71. The molecule has 0 aliphatic heterocycles. The summed E-state index contributed by atoms with van der Waals surface area (Å²) in [5.74, 6) is -0.730. The van der Waals surface area contributed by atoms with Gasteiger partial charge in [-0.05, 0) is 41.1 Å². The molecule has 1 amide bonds. The summed E-state index contributed by atoms with van der Waals surface area (Å²) in [6, 6.07) is 3.55. The van der Waals surface area contributed by atoms with Gasteiger partial charge in [0, 0.05) is 18.7 Å². The van der Waals surface area contributed by atoms with E-state index >= 15 is 0 Å². The first-order valence-electron chi connectivity index (χ1n) is 5.31. The van der Waals surface area contributed by atoms with Gasteiger partial charge >= 0.3 is 0 Å². The fourth-order valence-electron chi connectivity index (χ4n) is 1.53. The predicted octanol–water partition coefficient (Wildman–Crippen LogP) is 2.33. The molecule has 0 radical (unpaired) electrons. The molecule has 0 aromatic heterocycles. The fourth-order valence-corrected chi connectivity index (χ4v) is 2.06. The van der Waals surface area contributed by atoms with Gasteiger partial charge in [-0.1, -0.05) is 0 Å². The minimum Gasteiger partial charge on any atom is -0.354 e. The highest BCUT2D eigenvalue weighted by Gasteiger charge is 2.20. The van der Waals surface area contributed by atoms with Gasteiger partial charge in [0.1, 0.15) is 5.82 Å². The first-order chi connectivity index (χ1) is 8.49. The summed E-state index contributed by atoms with van der Waals surface area (Å²) in [4.78, 5) is 11.9.